The van der Waals surface area contributed by atoms with Gasteiger partial charge in [-0.25, -0.2) is 4.79 Å². The van der Waals surface area contributed by atoms with E-state index in [-0.39, 0.29) is 12.0 Å². The molecule has 1 heterocycles. The molecule has 1 atom stereocenters. The predicted molar refractivity (Wildman–Crippen MR) is 34.7 cm³/mol. The van der Waals surface area contributed by atoms with Crippen LogP contribution in [-0.2, 0) is 19.1 Å². The molecular weight excluding hydrogens is 148 g/mol. The molecule has 0 radical (unpaired) electrons. The first-order chi connectivity index (χ1) is 5.27. The van der Waals surface area contributed by atoms with E-state index in [1.807, 2.05) is 0 Å². The summed E-state index contributed by atoms with van der Waals surface area (Å²) in [7, 11) is 0. The Morgan fingerprint density at radius 3 is 2.82 bits per heavy atom. The maximum Gasteiger partial charge on any atom is 0.331 e. The summed E-state index contributed by atoms with van der Waals surface area (Å²) in [4.78, 5) is 30.7. The molecule has 58 valence electrons. The van der Waals surface area contributed by atoms with Crippen LogP contribution in [0.4, 0.5) is 0 Å². The van der Waals surface area contributed by atoms with Crippen LogP contribution < -0.4 is 0 Å². The van der Waals surface area contributed by atoms with Crippen LogP contribution in [0.15, 0.2) is 11.6 Å². The fourth-order valence-electron chi connectivity index (χ4n) is 0.853. The van der Waals surface area contributed by atoms with Gasteiger partial charge in [-0.3, -0.25) is 4.79 Å². The van der Waals surface area contributed by atoms with Gasteiger partial charge >= 0.3 is 5.97 Å². The molecule has 0 N–H and O–H groups in total. The highest BCUT2D eigenvalue weighted by molar-refractivity contribution is 5.94. The van der Waals surface area contributed by atoms with Crippen molar-refractivity contribution in [2.24, 2.45) is 0 Å². The van der Waals surface area contributed by atoms with Gasteiger partial charge in [0.05, 0.1) is 0 Å². The smallest absolute Gasteiger partial charge is 0.331 e. The lowest BCUT2D eigenvalue weighted by atomic mass is 10.1. The molecule has 0 amide bonds. The van der Waals surface area contributed by atoms with Crippen molar-refractivity contribution in [2.45, 2.75) is 12.5 Å². The second-order valence-corrected chi connectivity index (χ2v) is 2.09. The molecule has 0 saturated heterocycles. The van der Waals surface area contributed by atoms with Crippen molar-refractivity contribution in [3.05, 3.63) is 11.6 Å². The van der Waals surface area contributed by atoms with Crippen LogP contribution in [0.5, 0.6) is 0 Å². The van der Waals surface area contributed by atoms with Gasteiger partial charge in [0, 0.05) is 18.1 Å². The third-order valence-corrected chi connectivity index (χ3v) is 1.36. The Balaban J connectivity index is 2.70. The topological polar surface area (TPSA) is 60.4 Å². The zero-order valence-corrected chi connectivity index (χ0v) is 5.65. The van der Waals surface area contributed by atoms with Crippen LogP contribution in [0.2, 0.25) is 0 Å². The Morgan fingerprint density at radius 2 is 2.27 bits per heavy atom. The maximum atomic E-state index is 10.5. The molecule has 0 aliphatic carbocycles. The van der Waals surface area contributed by atoms with E-state index in [1.165, 1.54) is 0 Å². The standard InChI is InChI=1S/C7H6O4/c8-2-1-6-5(4-9)3-7(10)11-6/h2-4,6H,1H2. The summed E-state index contributed by atoms with van der Waals surface area (Å²) in [5, 5.41) is 0. The molecule has 0 aromatic carbocycles. The molecule has 1 aliphatic rings. The van der Waals surface area contributed by atoms with Crippen LogP contribution in [0.25, 0.3) is 0 Å². The number of esters is 1. The third-order valence-electron chi connectivity index (χ3n) is 1.36. The van der Waals surface area contributed by atoms with Crippen molar-refractivity contribution in [3.8, 4) is 0 Å². The molecule has 0 aromatic heterocycles. The fraction of sp³-hybridized carbons (Fsp3) is 0.286. The van der Waals surface area contributed by atoms with Gasteiger partial charge in [-0.2, -0.15) is 0 Å². The van der Waals surface area contributed by atoms with Gasteiger partial charge in [-0.05, 0) is 0 Å². The normalized spacial score (nSPS) is 22.4. The molecule has 1 aliphatic heterocycles. The van der Waals surface area contributed by atoms with E-state index in [2.05, 4.69) is 4.74 Å². The van der Waals surface area contributed by atoms with Crippen molar-refractivity contribution in [2.75, 3.05) is 0 Å². The first-order valence-corrected chi connectivity index (χ1v) is 3.09. The largest absolute Gasteiger partial charge is 0.454 e. The van der Waals surface area contributed by atoms with Crippen molar-refractivity contribution in [3.63, 3.8) is 0 Å². The lowest BCUT2D eigenvalue weighted by molar-refractivity contribution is -0.139. The molecule has 1 rings (SSSR count). The minimum atomic E-state index is -0.655. The second kappa shape index (κ2) is 3.09. The van der Waals surface area contributed by atoms with Gasteiger partial charge in [0.25, 0.3) is 0 Å². The summed E-state index contributed by atoms with van der Waals surface area (Å²) in [6.07, 6.45) is 1.63. The lowest BCUT2D eigenvalue weighted by Gasteiger charge is -2.04. The van der Waals surface area contributed by atoms with E-state index >= 15 is 0 Å². The molecule has 0 saturated carbocycles. The van der Waals surface area contributed by atoms with Gasteiger partial charge in [-0.15, -0.1) is 0 Å². The maximum absolute atomic E-state index is 10.5. The van der Waals surface area contributed by atoms with Gasteiger partial charge in [0.1, 0.15) is 18.7 Å². The van der Waals surface area contributed by atoms with E-state index < -0.39 is 12.1 Å². The highest BCUT2D eigenvalue weighted by atomic mass is 16.5. The van der Waals surface area contributed by atoms with Crippen LogP contribution in [-0.4, -0.2) is 24.6 Å². The highest BCUT2D eigenvalue weighted by Crippen LogP contribution is 2.15. The minimum Gasteiger partial charge on any atom is -0.454 e. The summed E-state index contributed by atoms with van der Waals surface area (Å²) >= 11 is 0. The molecule has 0 spiro atoms. The zero-order valence-electron chi connectivity index (χ0n) is 5.65. The zero-order chi connectivity index (χ0) is 8.27. The molecule has 0 aromatic rings. The van der Waals surface area contributed by atoms with Crippen LogP contribution in [0.1, 0.15) is 6.42 Å². The molecule has 11 heavy (non-hydrogen) atoms. The van der Waals surface area contributed by atoms with E-state index in [4.69, 9.17) is 0 Å². The van der Waals surface area contributed by atoms with Gasteiger partial charge in [0.2, 0.25) is 0 Å². The summed E-state index contributed by atoms with van der Waals surface area (Å²) < 4.78 is 4.61. The van der Waals surface area contributed by atoms with E-state index in [1.54, 1.807) is 0 Å². The summed E-state index contributed by atoms with van der Waals surface area (Å²) in [6, 6.07) is 0. The first-order valence-electron chi connectivity index (χ1n) is 3.09. The number of aldehydes is 2. The number of carbonyl (C=O) groups is 3. The van der Waals surface area contributed by atoms with Crippen molar-refractivity contribution in [1.29, 1.82) is 0 Å². The molecule has 1 unspecified atom stereocenters. The number of ether oxygens (including phenoxy) is 1. The van der Waals surface area contributed by atoms with Crippen LogP contribution >= 0.6 is 0 Å². The Hall–Kier alpha value is -1.45. The van der Waals surface area contributed by atoms with E-state index in [9.17, 15) is 14.4 Å². The molecule has 0 bridgehead atoms. The summed E-state index contributed by atoms with van der Waals surface area (Å²) in [6.45, 7) is 0. The van der Waals surface area contributed by atoms with Crippen LogP contribution in [0, 0.1) is 0 Å². The Bertz CT molecular complexity index is 229. The monoisotopic (exact) mass is 154 g/mol. The van der Waals surface area contributed by atoms with Crippen molar-refractivity contribution >= 4 is 18.5 Å². The average Bonchev–Trinajstić information content (AvgIpc) is 2.32. The number of hydrogen-bond acceptors (Lipinski definition) is 4. The minimum absolute atomic E-state index is 0.0519. The average molecular weight is 154 g/mol. The molecule has 4 nitrogen and oxygen atoms in total. The highest BCUT2D eigenvalue weighted by Gasteiger charge is 2.24. The number of cyclic esters (lactones) is 1. The lowest BCUT2D eigenvalue weighted by Crippen LogP contribution is -2.12. The second-order valence-electron chi connectivity index (χ2n) is 2.09. The summed E-state index contributed by atoms with van der Waals surface area (Å²) in [5.74, 6) is -0.557. The molecule has 0 fully saturated rings. The summed E-state index contributed by atoms with van der Waals surface area (Å²) in [5.41, 5.74) is 0.238. The Morgan fingerprint density at radius 1 is 1.55 bits per heavy atom. The predicted octanol–water partition coefficient (Wildman–Crippen LogP) is -0.374. The number of hydrogen-bond donors (Lipinski definition) is 0. The van der Waals surface area contributed by atoms with Gasteiger partial charge in [0.15, 0.2) is 0 Å². The Kier molecular flexibility index (Phi) is 2.15. The molecular formula is C7H6O4. The van der Waals surface area contributed by atoms with Crippen molar-refractivity contribution in [1.82, 2.24) is 0 Å². The Labute approximate surface area is 62.8 Å². The number of carbonyl (C=O) groups excluding carboxylic acids is 3. The van der Waals surface area contributed by atoms with Gasteiger partial charge in [-0.1, -0.05) is 0 Å². The third kappa shape index (κ3) is 1.52. The molecule has 4 heteroatoms. The first kappa shape index (κ1) is 7.65. The van der Waals surface area contributed by atoms with Crippen LogP contribution in [0.3, 0.4) is 0 Å². The van der Waals surface area contributed by atoms with E-state index in [0.29, 0.717) is 12.6 Å². The van der Waals surface area contributed by atoms with Crippen molar-refractivity contribution < 1.29 is 19.1 Å². The fourth-order valence-corrected chi connectivity index (χ4v) is 0.853. The number of rotatable bonds is 3. The quantitative estimate of drug-likeness (QED) is 0.411. The van der Waals surface area contributed by atoms with Gasteiger partial charge < -0.3 is 9.53 Å². The van der Waals surface area contributed by atoms with E-state index in [0.717, 1.165) is 6.08 Å². The SMILES string of the molecule is O=CCC1OC(=O)C=C1C=O.